The standard InChI is InChI=1S/C13H16Cl2N2O3S/c14-9-6-10(12(15)11(7-9)21(16,19)20)13(18)17-5-4-8-2-1-3-8/h6-8H,1-5H2,(H,17,18)(H2,16,19,20). The summed E-state index contributed by atoms with van der Waals surface area (Å²) in [5.41, 5.74) is 0.0156. The van der Waals surface area contributed by atoms with E-state index in [1.165, 1.54) is 25.3 Å². The van der Waals surface area contributed by atoms with E-state index in [0.717, 1.165) is 12.5 Å². The molecule has 0 radical (unpaired) electrons. The maximum absolute atomic E-state index is 12.1. The monoisotopic (exact) mass is 350 g/mol. The van der Waals surface area contributed by atoms with E-state index < -0.39 is 15.9 Å². The van der Waals surface area contributed by atoms with Gasteiger partial charge >= 0.3 is 0 Å². The average Bonchev–Trinajstić information content (AvgIpc) is 2.33. The van der Waals surface area contributed by atoms with Crippen molar-refractivity contribution in [2.24, 2.45) is 11.1 Å². The van der Waals surface area contributed by atoms with Crippen LogP contribution in [0.25, 0.3) is 0 Å². The fourth-order valence-corrected chi connectivity index (χ4v) is 3.65. The molecule has 0 bridgehead atoms. The zero-order chi connectivity index (χ0) is 15.6. The van der Waals surface area contributed by atoms with Crippen molar-refractivity contribution in [2.45, 2.75) is 30.6 Å². The molecule has 21 heavy (non-hydrogen) atoms. The highest BCUT2D eigenvalue weighted by Gasteiger charge is 2.22. The van der Waals surface area contributed by atoms with Crippen molar-refractivity contribution in [1.29, 1.82) is 0 Å². The molecule has 5 nitrogen and oxygen atoms in total. The Morgan fingerprint density at radius 1 is 1.33 bits per heavy atom. The summed E-state index contributed by atoms with van der Waals surface area (Å²) < 4.78 is 22.9. The second-order valence-electron chi connectivity index (χ2n) is 5.15. The summed E-state index contributed by atoms with van der Waals surface area (Å²) in [6.45, 7) is 0.525. The highest BCUT2D eigenvalue weighted by Crippen LogP contribution is 2.30. The van der Waals surface area contributed by atoms with Crippen LogP contribution < -0.4 is 10.5 Å². The topological polar surface area (TPSA) is 89.3 Å². The van der Waals surface area contributed by atoms with Crippen LogP contribution in [0.15, 0.2) is 17.0 Å². The first-order chi connectivity index (χ1) is 9.79. The lowest BCUT2D eigenvalue weighted by atomic mass is 9.83. The van der Waals surface area contributed by atoms with Crippen molar-refractivity contribution < 1.29 is 13.2 Å². The number of amides is 1. The van der Waals surface area contributed by atoms with E-state index in [1.54, 1.807) is 0 Å². The molecule has 0 atom stereocenters. The van der Waals surface area contributed by atoms with Crippen molar-refractivity contribution in [3.63, 3.8) is 0 Å². The van der Waals surface area contributed by atoms with Crippen molar-refractivity contribution in [3.8, 4) is 0 Å². The second kappa shape index (κ2) is 6.52. The Morgan fingerprint density at radius 2 is 2.00 bits per heavy atom. The maximum Gasteiger partial charge on any atom is 0.252 e. The lowest BCUT2D eigenvalue weighted by Gasteiger charge is -2.25. The van der Waals surface area contributed by atoms with E-state index in [9.17, 15) is 13.2 Å². The van der Waals surface area contributed by atoms with Crippen molar-refractivity contribution >= 4 is 39.1 Å². The lowest BCUT2D eigenvalue weighted by molar-refractivity contribution is 0.0949. The molecule has 1 aromatic rings. The fourth-order valence-electron chi connectivity index (χ4n) is 2.20. The molecule has 0 unspecified atom stereocenters. The van der Waals surface area contributed by atoms with E-state index in [0.29, 0.717) is 12.5 Å². The average molecular weight is 351 g/mol. The molecular weight excluding hydrogens is 335 g/mol. The molecule has 1 aliphatic carbocycles. The van der Waals surface area contributed by atoms with Gasteiger partial charge in [-0.2, -0.15) is 0 Å². The van der Waals surface area contributed by atoms with Crippen LogP contribution in [0.5, 0.6) is 0 Å². The number of carbonyl (C=O) groups excluding carboxylic acids is 1. The van der Waals surface area contributed by atoms with Crippen LogP contribution in [0.2, 0.25) is 10.0 Å². The largest absolute Gasteiger partial charge is 0.352 e. The Kier molecular flexibility index (Phi) is 5.14. The van der Waals surface area contributed by atoms with Gasteiger partial charge in [0.1, 0.15) is 4.90 Å². The third kappa shape index (κ3) is 4.10. The van der Waals surface area contributed by atoms with Gasteiger partial charge in [0.2, 0.25) is 10.0 Å². The van der Waals surface area contributed by atoms with Gasteiger partial charge in [-0.25, -0.2) is 13.6 Å². The van der Waals surface area contributed by atoms with Gasteiger partial charge in [0.15, 0.2) is 0 Å². The fraction of sp³-hybridized carbons (Fsp3) is 0.462. The molecule has 1 aromatic carbocycles. The summed E-state index contributed by atoms with van der Waals surface area (Å²) in [6.07, 6.45) is 4.55. The van der Waals surface area contributed by atoms with Crippen LogP contribution in [0.1, 0.15) is 36.0 Å². The lowest BCUT2D eigenvalue weighted by Crippen LogP contribution is -2.28. The van der Waals surface area contributed by atoms with Crippen LogP contribution in [-0.2, 0) is 10.0 Å². The van der Waals surface area contributed by atoms with Gasteiger partial charge in [-0.05, 0) is 24.5 Å². The number of carbonyl (C=O) groups is 1. The first-order valence-corrected chi connectivity index (χ1v) is 8.89. The Labute approximate surface area is 133 Å². The summed E-state index contributed by atoms with van der Waals surface area (Å²) in [7, 11) is -4.04. The molecule has 8 heteroatoms. The number of sulfonamides is 1. The molecule has 0 aromatic heterocycles. The molecule has 0 spiro atoms. The number of hydrogen-bond donors (Lipinski definition) is 2. The van der Waals surface area contributed by atoms with Gasteiger partial charge < -0.3 is 5.32 Å². The van der Waals surface area contributed by atoms with Crippen LogP contribution in [0.4, 0.5) is 0 Å². The molecule has 1 amide bonds. The van der Waals surface area contributed by atoms with Gasteiger partial charge in [-0.3, -0.25) is 4.79 Å². The minimum atomic E-state index is -4.04. The van der Waals surface area contributed by atoms with E-state index in [-0.39, 0.29) is 20.5 Å². The van der Waals surface area contributed by atoms with Gasteiger partial charge in [0.05, 0.1) is 10.6 Å². The van der Waals surface area contributed by atoms with Crippen LogP contribution in [-0.4, -0.2) is 20.9 Å². The predicted octanol–water partition coefficient (Wildman–Crippen LogP) is 2.56. The zero-order valence-corrected chi connectivity index (χ0v) is 13.6. The van der Waals surface area contributed by atoms with Gasteiger partial charge in [-0.15, -0.1) is 0 Å². The second-order valence-corrected chi connectivity index (χ2v) is 7.50. The number of halogens is 2. The highest BCUT2D eigenvalue weighted by atomic mass is 35.5. The molecule has 1 aliphatic rings. The summed E-state index contributed by atoms with van der Waals surface area (Å²) in [6, 6.07) is 2.46. The van der Waals surface area contributed by atoms with Crippen LogP contribution in [0, 0.1) is 5.92 Å². The van der Waals surface area contributed by atoms with Gasteiger partial charge in [0.25, 0.3) is 5.91 Å². The summed E-state index contributed by atoms with van der Waals surface area (Å²) in [4.78, 5) is 11.7. The summed E-state index contributed by atoms with van der Waals surface area (Å²) in [5, 5.41) is 7.67. The summed E-state index contributed by atoms with van der Waals surface area (Å²) >= 11 is 11.8. The summed E-state index contributed by atoms with van der Waals surface area (Å²) in [5.74, 6) is 0.215. The number of nitrogens with one attached hydrogen (secondary N) is 1. The Hall–Kier alpha value is -0.820. The maximum atomic E-state index is 12.1. The molecule has 2 rings (SSSR count). The van der Waals surface area contributed by atoms with Crippen molar-refractivity contribution in [1.82, 2.24) is 5.32 Å². The van der Waals surface area contributed by atoms with E-state index >= 15 is 0 Å². The van der Waals surface area contributed by atoms with Gasteiger partial charge in [-0.1, -0.05) is 42.5 Å². The smallest absolute Gasteiger partial charge is 0.252 e. The van der Waals surface area contributed by atoms with Crippen molar-refractivity contribution in [2.75, 3.05) is 6.54 Å². The van der Waals surface area contributed by atoms with Crippen LogP contribution in [0.3, 0.4) is 0 Å². The number of benzene rings is 1. The van der Waals surface area contributed by atoms with E-state index in [1.807, 2.05) is 0 Å². The molecule has 0 aliphatic heterocycles. The van der Waals surface area contributed by atoms with E-state index in [2.05, 4.69) is 5.32 Å². The molecule has 1 fully saturated rings. The number of nitrogens with two attached hydrogens (primary N) is 1. The highest BCUT2D eigenvalue weighted by molar-refractivity contribution is 7.89. The quantitative estimate of drug-likeness (QED) is 0.854. The minimum absolute atomic E-state index is 0.0156. The first kappa shape index (κ1) is 16.5. The van der Waals surface area contributed by atoms with Crippen molar-refractivity contribution in [3.05, 3.63) is 27.7 Å². The molecular formula is C13H16Cl2N2O3S. The Morgan fingerprint density at radius 3 is 2.52 bits per heavy atom. The number of primary sulfonamides is 1. The normalized spacial score (nSPS) is 15.6. The molecule has 116 valence electrons. The zero-order valence-electron chi connectivity index (χ0n) is 11.2. The Balaban J connectivity index is 2.14. The molecule has 1 saturated carbocycles. The van der Waals surface area contributed by atoms with E-state index in [4.69, 9.17) is 28.3 Å². The Bertz CT molecular complexity index is 658. The van der Waals surface area contributed by atoms with Crippen LogP contribution >= 0.6 is 23.2 Å². The third-order valence-corrected chi connectivity index (χ3v) is 5.29. The first-order valence-electron chi connectivity index (χ1n) is 6.59. The molecule has 0 heterocycles. The SMILES string of the molecule is NS(=O)(=O)c1cc(Cl)cc(C(=O)NCCC2CCC2)c1Cl. The van der Waals surface area contributed by atoms with Gasteiger partial charge in [0, 0.05) is 11.6 Å². The molecule has 3 N–H and O–H groups in total. The predicted molar refractivity (Wildman–Crippen MR) is 82.1 cm³/mol. The third-order valence-electron chi connectivity index (χ3n) is 3.62. The number of rotatable bonds is 5. The minimum Gasteiger partial charge on any atom is -0.352 e. The number of hydrogen-bond acceptors (Lipinski definition) is 3. The molecule has 0 saturated heterocycles.